The van der Waals surface area contributed by atoms with Crippen LogP contribution >= 0.6 is 0 Å². The number of carbonyl (C=O) groups is 1. The fourth-order valence-electron chi connectivity index (χ4n) is 4.76. The topological polar surface area (TPSA) is 52.6 Å². The highest BCUT2D eigenvalue weighted by Crippen LogP contribution is 2.43. The molecular weight excluding hydrogens is 343 g/mol. The largest absolute Gasteiger partial charge is 0.481 e. The Kier molecular flexibility index (Phi) is 5.26. The van der Waals surface area contributed by atoms with Crippen molar-refractivity contribution < 1.29 is 14.3 Å². The Bertz CT molecular complexity index is 659. The van der Waals surface area contributed by atoms with E-state index in [1.54, 1.807) is 12.1 Å². The van der Waals surface area contributed by atoms with Gasteiger partial charge in [-0.1, -0.05) is 18.6 Å². The zero-order chi connectivity index (χ0) is 18.9. The molecule has 3 aliphatic rings. The van der Waals surface area contributed by atoms with Crippen molar-refractivity contribution in [2.75, 3.05) is 26.2 Å². The molecule has 0 aromatic heterocycles. The van der Waals surface area contributed by atoms with Crippen LogP contribution in [0.1, 0.15) is 50.5 Å². The summed E-state index contributed by atoms with van der Waals surface area (Å²) in [6.07, 6.45) is 8.34. The van der Waals surface area contributed by atoms with Crippen LogP contribution in [0.25, 0.3) is 0 Å². The molecule has 0 unspecified atom stereocenters. The van der Waals surface area contributed by atoms with E-state index in [9.17, 15) is 14.3 Å². The molecule has 27 heavy (non-hydrogen) atoms. The van der Waals surface area contributed by atoms with Crippen LogP contribution in [0.5, 0.6) is 0 Å². The number of piperidine rings is 1. The Balaban J connectivity index is 1.39. The van der Waals surface area contributed by atoms with Crippen LogP contribution in [0.4, 0.5) is 4.39 Å². The molecule has 0 atom stereocenters. The first-order valence-electron chi connectivity index (χ1n) is 10.4. The minimum absolute atomic E-state index is 0.182. The average Bonchev–Trinajstić information content (AvgIpc) is 3.44. The lowest BCUT2D eigenvalue weighted by atomic mass is 9.67. The average molecular weight is 375 g/mol. The van der Waals surface area contributed by atoms with Crippen molar-refractivity contribution in [1.29, 1.82) is 0 Å². The van der Waals surface area contributed by atoms with E-state index < -0.39 is 11.4 Å². The minimum atomic E-state index is -0.618. The summed E-state index contributed by atoms with van der Waals surface area (Å²) < 4.78 is 13.3. The lowest BCUT2D eigenvalue weighted by Crippen LogP contribution is -2.52. The molecule has 0 radical (unpaired) electrons. The van der Waals surface area contributed by atoms with E-state index in [4.69, 9.17) is 0 Å². The molecule has 5 heteroatoms. The van der Waals surface area contributed by atoms with Gasteiger partial charge in [0.2, 0.25) is 0 Å². The van der Waals surface area contributed by atoms with Crippen molar-refractivity contribution in [2.45, 2.75) is 57.4 Å². The number of carboxylic acids is 1. The van der Waals surface area contributed by atoms with Crippen molar-refractivity contribution in [2.24, 2.45) is 10.8 Å². The maximum Gasteiger partial charge on any atom is 0.310 e. The van der Waals surface area contributed by atoms with E-state index in [0.717, 1.165) is 58.2 Å². The van der Waals surface area contributed by atoms with Gasteiger partial charge in [-0.15, -0.1) is 0 Å². The van der Waals surface area contributed by atoms with Crippen molar-refractivity contribution in [3.8, 4) is 0 Å². The summed E-state index contributed by atoms with van der Waals surface area (Å²) in [5, 5.41) is 13.3. The van der Waals surface area contributed by atoms with Gasteiger partial charge in [0.25, 0.3) is 0 Å². The van der Waals surface area contributed by atoms with Crippen molar-refractivity contribution in [3.63, 3.8) is 0 Å². The molecule has 1 saturated heterocycles. The Hall–Kier alpha value is -1.46. The summed E-state index contributed by atoms with van der Waals surface area (Å²) in [7, 11) is 0. The van der Waals surface area contributed by atoms with Gasteiger partial charge in [-0.05, 0) is 81.1 Å². The molecule has 0 spiro atoms. The third kappa shape index (κ3) is 4.35. The molecular formula is C22H31FN2O2. The van der Waals surface area contributed by atoms with Gasteiger partial charge in [-0.25, -0.2) is 4.39 Å². The van der Waals surface area contributed by atoms with E-state index in [2.05, 4.69) is 10.2 Å². The van der Waals surface area contributed by atoms with Gasteiger partial charge < -0.3 is 15.3 Å². The summed E-state index contributed by atoms with van der Waals surface area (Å²) >= 11 is 0. The zero-order valence-electron chi connectivity index (χ0n) is 16.1. The Morgan fingerprint density at radius 3 is 2.33 bits per heavy atom. The number of benzene rings is 1. The monoisotopic (exact) mass is 374 g/mol. The van der Waals surface area contributed by atoms with E-state index in [1.807, 2.05) is 12.1 Å². The van der Waals surface area contributed by atoms with Crippen molar-refractivity contribution >= 4 is 5.97 Å². The quantitative estimate of drug-likeness (QED) is 0.732. The minimum Gasteiger partial charge on any atom is -0.481 e. The van der Waals surface area contributed by atoms with Gasteiger partial charge in [0, 0.05) is 19.1 Å². The molecule has 0 amide bonds. The molecule has 4 nitrogen and oxygen atoms in total. The number of likely N-dealkylation sites (tertiary alicyclic amines) is 1. The smallest absolute Gasteiger partial charge is 0.310 e. The lowest BCUT2D eigenvalue weighted by Gasteiger charge is -2.47. The second-order valence-corrected chi connectivity index (χ2v) is 9.17. The predicted molar refractivity (Wildman–Crippen MR) is 103 cm³/mol. The highest BCUT2D eigenvalue weighted by molar-refractivity contribution is 5.76. The van der Waals surface area contributed by atoms with Gasteiger partial charge in [0.05, 0.1) is 5.41 Å². The van der Waals surface area contributed by atoms with Crippen LogP contribution in [-0.2, 0) is 11.2 Å². The summed E-state index contributed by atoms with van der Waals surface area (Å²) in [6.45, 7) is 3.63. The van der Waals surface area contributed by atoms with Crippen molar-refractivity contribution in [1.82, 2.24) is 10.2 Å². The number of carboxylic acid groups (broad SMARTS) is 1. The van der Waals surface area contributed by atoms with Gasteiger partial charge in [-0.3, -0.25) is 4.79 Å². The molecule has 1 aliphatic heterocycles. The summed E-state index contributed by atoms with van der Waals surface area (Å²) in [4.78, 5) is 14.1. The van der Waals surface area contributed by atoms with Crippen LogP contribution in [0.3, 0.4) is 0 Å². The normalized spacial score (nSPS) is 24.3. The van der Waals surface area contributed by atoms with Crippen molar-refractivity contribution in [3.05, 3.63) is 35.6 Å². The molecule has 3 fully saturated rings. The molecule has 1 heterocycles. The van der Waals surface area contributed by atoms with Crippen LogP contribution < -0.4 is 5.32 Å². The highest BCUT2D eigenvalue weighted by Gasteiger charge is 2.46. The molecule has 1 aromatic carbocycles. The molecule has 2 aliphatic carbocycles. The fraction of sp³-hybridized carbons (Fsp3) is 0.682. The van der Waals surface area contributed by atoms with E-state index >= 15 is 0 Å². The van der Waals surface area contributed by atoms with Gasteiger partial charge >= 0.3 is 5.97 Å². The van der Waals surface area contributed by atoms with E-state index in [-0.39, 0.29) is 11.2 Å². The zero-order valence-corrected chi connectivity index (χ0v) is 16.1. The number of hydrogen-bond donors (Lipinski definition) is 2. The Morgan fingerprint density at radius 2 is 1.81 bits per heavy atom. The third-order valence-corrected chi connectivity index (χ3v) is 7.04. The second kappa shape index (κ2) is 7.51. The van der Waals surface area contributed by atoms with Crippen LogP contribution in [0.15, 0.2) is 24.3 Å². The van der Waals surface area contributed by atoms with Crippen LogP contribution in [0.2, 0.25) is 0 Å². The van der Waals surface area contributed by atoms with Crippen LogP contribution in [0, 0.1) is 16.6 Å². The summed E-state index contributed by atoms with van der Waals surface area (Å²) in [5.41, 5.74) is 0.888. The second-order valence-electron chi connectivity index (χ2n) is 9.17. The molecule has 0 bridgehead atoms. The predicted octanol–water partition coefficient (Wildman–Crippen LogP) is 3.46. The first kappa shape index (κ1) is 18.9. The molecule has 4 rings (SSSR count). The first-order chi connectivity index (χ1) is 13.0. The number of halogens is 1. The van der Waals surface area contributed by atoms with Crippen LogP contribution in [-0.4, -0.2) is 48.2 Å². The maximum absolute atomic E-state index is 13.3. The first-order valence-corrected chi connectivity index (χ1v) is 10.4. The lowest BCUT2D eigenvalue weighted by molar-refractivity contribution is -0.156. The molecule has 148 valence electrons. The van der Waals surface area contributed by atoms with Gasteiger partial charge in [-0.2, -0.15) is 0 Å². The number of rotatable bonds is 8. The SMILES string of the molecule is O=C(O)C1(CN2CCC(CNC3CC3)(Cc3ccc(F)cc3)CC2)CCC1. The third-order valence-electron chi connectivity index (χ3n) is 7.04. The fourth-order valence-corrected chi connectivity index (χ4v) is 4.76. The number of hydrogen-bond acceptors (Lipinski definition) is 3. The Morgan fingerprint density at radius 1 is 1.15 bits per heavy atom. The van der Waals surface area contributed by atoms with E-state index in [0.29, 0.717) is 12.6 Å². The molecule has 1 aromatic rings. The maximum atomic E-state index is 13.3. The molecule has 2 N–H and O–H groups in total. The standard InChI is InChI=1S/C22H31FN2O2/c23-18-4-2-17(3-5-18)14-21(15-24-19-6-7-19)10-12-25(13-11-21)16-22(20(26)27)8-1-9-22/h2-5,19,24H,1,6-16H2,(H,26,27). The van der Waals surface area contributed by atoms with E-state index in [1.165, 1.54) is 18.4 Å². The highest BCUT2D eigenvalue weighted by atomic mass is 19.1. The number of nitrogens with one attached hydrogen (secondary N) is 1. The number of aliphatic carboxylic acids is 1. The summed E-state index contributed by atoms with van der Waals surface area (Å²) in [5.74, 6) is -0.800. The Labute approximate surface area is 161 Å². The number of nitrogens with zero attached hydrogens (tertiary/aromatic N) is 1. The van der Waals surface area contributed by atoms with Gasteiger partial charge in [0.15, 0.2) is 0 Å². The molecule has 2 saturated carbocycles. The van der Waals surface area contributed by atoms with Gasteiger partial charge in [0.1, 0.15) is 5.82 Å². The summed E-state index contributed by atoms with van der Waals surface area (Å²) in [6, 6.07) is 7.61.